The molecule has 0 saturated carbocycles. The number of likely N-dealkylation sites (tertiary alicyclic amines) is 1. The Morgan fingerprint density at radius 2 is 1.63 bits per heavy atom. The monoisotopic (exact) mass is 497 g/mol. The Labute approximate surface area is 206 Å². The smallest absolute Gasteiger partial charge is 0.245 e. The highest BCUT2D eigenvalue weighted by atomic mass is 16.2. The molecule has 0 aliphatic carbocycles. The number of unbranched alkanes of at least 4 members (excludes halogenated alkanes) is 1. The van der Waals surface area contributed by atoms with Gasteiger partial charge in [0.1, 0.15) is 12.1 Å². The first-order valence-corrected chi connectivity index (χ1v) is 12.3. The summed E-state index contributed by atoms with van der Waals surface area (Å²) in [5.74, 6) is -1.82. The van der Waals surface area contributed by atoms with Gasteiger partial charge < -0.3 is 44.2 Å². The van der Waals surface area contributed by atoms with E-state index in [4.69, 9.17) is 28.7 Å². The van der Waals surface area contributed by atoms with Crippen molar-refractivity contribution in [2.45, 2.75) is 88.9 Å². The third kappa shape index (κ3) is 11.4. The molecule has 0 bridgehead atoms. The van der Waals surface area contributed by atoms with Crippen LogP contribution in [0.4, 0.5) is 0 Å². The summed E-state index contributed by atoms with van der Waals surface area (Å²) in [6.45, 7) is 3.38. The van der Waals surface area contributed by atoms with Crippen LogP contribution in [0.1, 0.15) is 64.7 Å². The highest BCUT2D eigenvalue weighted by Gasteiger charge is 2.33. The van der Waals surface area contributed by atoms with Crippen molar-refractivity contribution in [2.75, 3.05) is 19.6 Å². The van der Waals surface area contributed by atoms with Crippen molar-refractivity contribution in [3.63, 3.8) is 0 Å². The zero-order chi connectivity index (χ0) is 26.4. The largest absolute Gasteiger partial charge is 0.370 e. The molecule has 0 spiro atoms. The SMILES string of the molecule is CC1CCCN1C(=O)C(CCCN=C(N)N)NC(=O)C(CCCCN)NC(=O)C(N)CCC(N)=O. The number of nitrogens with two attached hydrogens (primary N) is 5. The van der Waals surface area contributed by atoms with Crippen LogP contribution >= 0.6 is 0 Å². The van der Waals surface area contributed by atoms with E-state index in [1.807, 2.05) is 6.92 Å². The number of nitrogens with zero attached hydrogens (tertiary/aromatic N) is 2. The van der Waals surface area contributed by atoms with Crippen LogP contribution in [-0.4, -0.2) is 78.3 Å². The summed E-state index contributed by atoms with van der Waals surface area (Å²) in [7, 11) is 0. The van der Waals surface area contributed by atoms with E-state index in [1.54, 1.807) is 4.90 Å². The van der Waals surface area contributed by atoms with Gasteiger partial charge >= 0.3 is 0 Å². The third-order valence-electron chi connectivity index (χ3n) is 6.01. The predicted octanol–water partition coefficient (Wildman–Crippen LogP) is -2.26. The van der Waals surface area contributed by atoms with Gasteiger partial charge in [-0.05, 0) is 64.8 Å². The van der Waals surface area contributed by atoms with Gasteiger partial charge in [0.25, 0.3) is 0 Å². The maximum Gasteiger partial charge on any atom is 0.245 e. The fourth-order valence-corrected chi connectivity index (χ4v) is 3.96. The van der Waals surface area contributed by atoms with Gasteiger partial charge in [0.15, 0.2) is 5.96 Å². The van der Waals surface area contributed by atoms with Crippen molar-refractivity contribution in [1.82, 2.24) is 15.5 Å². The van der Waals surface area contributed by atoms with Gasteiger partial charge in [-0.25, -0.2) is 0 Å². The van der Waals surface area contributed by atoms with E-state index < -0.39 is 35.8 Å². The molecule has 13 heteroatoms. The molecular weight excluding hydrogens is 454 g/mol. The maximum atomic E-state index is 13.2. The number of hydrogen-bond donors (Lipinski definition) is 7. The summed E-state index contributed by atoms with van der Waals surface area (Å²) < 4.78 is 0. The Morgan fingerprint density at radius 1 is 0.971 bits per heavy atom. The molecule has 1 saturated heterocycles. The molecule has 0 radical (unpaired) electrons. The summed E-state index contributed by atoms with van der Waals surface area (Å²) in [6.07, 6.45) is 4.24. The van der Waals surface area contributed by atoms with Crippen molar-refractivity contribution in [1.29, 1.82) is 0 Å². The standard InChI is InChI=1S/C22H43N9O4/c1-14-6-5-13-31(14)21(35)17(8-4-12-28-22(26)27)30-20(34)16(7-2-3-11-23)29-19(33)15(24)9-10-18(25)32/h14-17H,2-13,23-24H2,1H3,(H2,25,32)(H,29,33)(H,30,34)(H4,26,27,28). The van der Waals surface area contributed by atoms with E-state index in [0.29, 0.717) is 51.7 Å². The zero-order valence-electron chi connectivity index (χ0n) is 20.7. The van der Waals surface area contributed by atoms with E-state index >= 15 is 0 Å². The summed E-state index contributed by atoms with van der Waals surface area (Å²) in [5, 5.41) is 5.48. The van der Waals surface area contributed by atoms with Crippen molar-refractivity contribution in [2.24, 2.45) is 33.7 Å². The second-order valence-electron chi connectivity index (χ2n) is 8.99. The number of hydrogen-bond acceptors (Lipinski definition) is 7. The molecular formula is C22H43N9O4. The fourth-order valence-electron chi connectivity index (χ4n) is 3.96. The molecule has 1 fully saturated rings. The summed E-state index contributed by atoms with van der Waals surface area (Å²) >= 11 is 0. The highest BCUT2D eigenvalue weighted by Crippen LogP contribution is 2.19. The molecule has 0 aromatic carbocycles. The molecule has 4 amide bonds. The number of amides is 4. The van der Waals surface area contributed by atoms with E-state index in [-0.39, 0.29) is 30.8 Å². The van der Waals surface area contributed by atoms with Gasteiger partial charge in [0, 0.05) is 25.6 Å². The lowest BCUT2D eigenvalue weighted by molar-refractivity contribution is -0.138. The summed E-state index contributed by atoms with van der Waals surface area (Å²) in [5.41, 5.74) is 27.3. The minimum atomic E-state index is -0.991. The normalized spacial score (nSPS) is 17.8. The zero-order valence-corrected chi connectivity index (χ0v) is 20.7. The van der Waals surface area contributed by atoms with Crippen LogP contribution < -0.4 is 39.3 Å². The van der Waals surface area contributed by atoms with Crippen molar-refractivity contribution >= 4 is 29.6 Å². The molecule has 1 rings (SSSR count). The Morgan fingerprint density at radius 3 is 2.20 bits per heavy atom. The number of aliphatic imine (C=N–C) groups is 1. The highest BCUT2D eigenvalue weighted by molar-refractivity contribution is 5.93. The molecule has 4 atom stereocenters. The second kappa shape index (κ2) is 15.9. The van der Waals surface area contributed by atoms with Crippen LogP contribution in [-0.2, 0) is 19.2 Å². The van der Waals surface area contributed by atoms with E-state index in [2.05, 4.69) is 15.6 Å². The Hall–Kier alpha value is -2.93. The van der Waals surface area contributed by atoms with Crippen LogP contribution in [0, 0.1) is 0 Å². The molecule has 13 nitrogen and oxygen atoms in total. The lowest BCUT2D eigenvalue weighted by atomic mass is 10.0. The van der Waals surface area contributed by atoms with Crippen LogP contribution in [0.5, 0.6) is 0 Å². The Bertz CT molecular complexity index is 742. The maximum absolute atomic E-state index is 13.2. The molecule has 12 N–H and O–H groups in total. The van der Waals surface area contributed by atoms with Gasteiger partial charge in [-0.3, -0.25) is 24.2 Å². The van der Waals surface area contributed by atoms with Crippen molar-refractivity contribution < 1.29 is 19.2 Å². The number of rotatable bonds is 16. The number of guanidine groups is 1. The summed E-state index contributed by atoms with van der Waals surface area (Å²) in [4.78, 5) is 55.7. The minimum absolute atomic E-state index is 0.0413. The average Bonchev–Trinajstić information content (AvgIpc) is 3.23. The molecule has 1 aliphatic rings. The first kappa shape index (κ1) is 30.1. The van der Waals surface area contributed by atoms with E-state index in [0.717, 1.165) is 12.8 Å². The topological polar surface area (TPSA) is 238 Å². The van der Waals surface area contributed by atoms with Crippen LogP contribution in [0.2, 0.25) is 0 Å². The molecule has 200 valence electrons. The predicted molar refractivity (Wildman–Crippen MR) is 133 cm³/mol. The van der Waals surface area contributed by atoms with E-state index in [1.165, 1.54) is 0 Å². The summed E-state index contributed by atoms with van der Waals surface area (Å²) in [6, 6.07) is -2.59. The van der Waals surface area contributed by atoms with Gasteiger partial charge in [0.2, 0.25) is 23.6 Å². The van der Waals surface area contributed by atoms with Crippen molar-refractivity contribution in [3.05, 3.63) is 0 Å². The van der Waals surface area contributed by atoms with Crippen LogP contribution in [0.25, 0.3) is 0 Å². The first-order valence-electron chi connectivity index (χ1n) is 12.3. The van der Waals surface area contributed by atoms with Crippen molar-refractivity contribution in [3.8, 4) is 0 Å². The van der Waals surface area contributed by atoms with Crippen LogP contribution in [0.15, 0.2) is 4.99 Å². The number of carbonyl (C=O) groups excluding carboxylic acids is 4. The van der Waals surface area contributed by atoms with Gasteiger partial charge in [0.05, 0.1) is 6.04 Å². The van der Waals surface area contributed by atoms with E-state index in [9.17, 15) is 19.2 Å². The average molecular weight is 498 g/mol. The van der Waals surface area contributed by atoms with Gasteiger partial charge in [-0.15, -0.1) is 0 Å². The quantitative estimate of drug-likeness (QED) is 0.0696. The number of primary amides is 1. The Kier molecular flexibility index (Phi) is 13.7. The molecule has 1 heterocycles. The molecule has 0 aromatic rings. The third-order valence-corrected chi connectivity index (χ3v) is 6.01. The molecule has 1 aliphatic heterocycles. The van der Waals surface area contributed by atoms with Gasteiger partial charge in [-0.2, -0.15) is 0 Å². The molecule has 4 unspecified atom stereocenters. The number of nitrogens with one attached hydrogen (secondary N) is 2. The van der Waals surface area contributed by atoms with Crippen LogP contribution in [0.3, 0.4) is 0 Å². The number of carbonyl (C=O) groups is 4. The first-order chi connectivity index (χ1) is 16.6. The molecule has 35 heavy (non-hydrogen) atoms. The Balaban J connectivity index is 2.92. The van der Waals surface area contributed by atoms with Gasteiger partial charge in [-0.1, -0.05) is 0 Å². The fraction of sp³-hybridized carbons (Fsp3) is 0.773. The minimum Gasteiger partial charge on any atom is -0.370 e. The lowest BCUT2D eigenvalue weighted by Crippen LogP contribution is -2.56. The second-order valence-corrected chi connectivity index (χ2v) is 8.99. The molecule has 0 aromatic heterocycles. The lowest BCUT2D eigenvalue weighted by Gasteiger charge is -2.29.